The van der Waals surface area contributed by atoms with Crippen molar-refractivity contribution in [3.05, 3.63) is 65.2 Å². The van der Waals surface area contributed by atoms with E-state index in [2.05, 4.69) is 4.90 Å². The zero-order chi connectivity index (χ0) is 17.2. The summed E-state index contributed by atoms with van der Waals surface area (Å²) >= 11 is 0. The number of carbonyl (C=O) groups excluding carboxylic acids is 1. The van der Waals surface area contributed by atoms with Gasteiger partial charge in [0.05, 0.1) is 12.7 Å². The van der Waals surface area contributed by atoms with Crippen LogP contribution >= 0.6 is 12.4 Å². The number of fused-ring (bicyclic) bond motifs is 1. The average Bonchev–Trinajstić information content (AvgIpc) is 2.60. The number of benzene rings is 2. The molecule has 1 heterocycles. The van der Waals surface area contributed by atoms with Gasteiger partial charge >= 0.3 is 5.97 Å². The maximum Gasteiger partial charge on any atom is 0.339 e. The number of methoxy groups -OCH3 is 1. The number of hydrogen-bond donors (Lipinski definition) is 0. The van der Waals surface area contributed by atoms with E-state index in [1.165, 1.54) is 0 Å². The van der Waals surface area contributed by atoms with E-state index in [0.29, 0.717) is 12.0 Å². The van der Waals surface area contributed by atoms with Gasteiger partial charge in [-0.1, -0.05) is 30.3 Å². The minimum Gasteiger partial charge on any atom is -0.497 e. The minimum atomic E-state index is -0.637. The third kappa shape index (κ3) is 3.97. The van der Waals surface area contributed by atoms with E-state index in [1.807, 2.05) is 62.6 Å². The van der Waals surface area contributed by atoms with Crippen molar-refractivity contribution in [3.8, 4) is 5.75 Å². The molecule has 0 aromatic heterocycles. The van der Waals surface area contributed by atoms with Crippen LogP contribution in [0.5, 0.6) is 5.75 Å². The molecule has 25 heavy (non-hydrogen) atoms. The Morgan fingerprint density at radius 2 is 1.80 bits per heavy atom. The molecule has 0 N–H and O–H groups in total. The molecule has 4 nitrogen and oxygen atoms in total. The maximum absolute atomic E-state index is 12.6. The second kappa shape index (κ2) is 7.89. The van der Waals surface area contributed by atoms with E-state index in [4.69, 9.17) is 9.47 Å². The van der Waals surface area contributed by atoms with Gasteiger partial charge in [-0.2, -0.15) is 0 Å². The number of ether oxygens (including phenoxy) is 2. The Hall–Kier alpha value is -2.04. The molecule has 0 radical (unpaired) electrons. The summed E-state index contributed by atoms with van der Waals surface area (Å²) < 4.78 is 11.3. The predicted molar refractivity (Wildman–Crippen MR) is 101 cm³/mol. The molecule has 1 aliphatic heterocycles. The van der Waals surface area contributed by atoms with Crippen molar-refractivity contribution in [2.24, 2.45) is 0 Å². The summed E-state index contributed by atoms with van der Waals surface area (Å²) in [6, 6.07) is 15.5. The van der Waals surface area contributed by atoms with E-state index >= 15 is 0 Å². The van der Waals surface area contributed by atoms with Gasteiger partial charge in [-0.3, -0.25) is 0 Å². The minimum absolute atomic E-state index is 0. The molecule has 0 saturated carbocycles. The fourth-order valence-electron chi connectivity index (χ4n) is 3.19. The van der Waals surface area contributed by atoms with Gasteiger partial charge in [-0.25, -0.2) is 4.79 Å². The summed E-state index contributed by atoms with van der Waals surface area (Å²) in [5.74, 6) is 0.551. The SMILES string of the molecule is COc1ccc(C2(CCN(C)C)Cc3ccccc3C(=O)O2)cc1.Cl. The summed E-state index contributed by atoms with van der Waals surface area (Å²) in [5, 5.41) is 0. The number of cyclic esters (lactones) is 1. The van der Waals surface area contributed by atoms with Crippen molar-refractivity contribution < 1.29 is 14.3 Å². The molecule has 0 fully saturated rings. The molecule has 1 aliphatic rings. The molecular formula is C20H24ClNO3. The number of hydrogen-bond acceptors (Lipinski definition) is 4. The molecule has 0 bridgehead atoms. The summed E-state index contributed by atoms with van der Waals surface area (Å²) in [4.78, 5) is 14.7. The smallest absolute Gasteiger partial charge is 0.339 e. The van der Waals surface area contributed by atoms with Crippen LogP contribution in [0.3, 0.4) is 0 Å². The van der Waals surface area contributed by atoms with Crippen LogP contribution in [0.4, 0.5) is 0 Å². The predicted octanol–water partition coefficient (Wildman–Crippen LogP) is 3.68. The van der Waals surface area contributed by atoms with Gasteiger partial charge in [0.2, 0.25) is 0 Å². The molecule has 3 rings (SSSR count). The van der Waals surface area contributed by atoms with Crippen LogP contribution < -0.4 is 4.74 Å². The van der Waals surface area contributed by atoms with Crippen molar-refractivity contribution in [2.45, 2.75) is 18.4 Å². The fourth-order valence-corrected chi connectivity index (χ4v) is 3.19. The lowest BCUT2D eigenvalue weighted by Crippen LogP contribution is -2.41. The van der Waals surface area contributed by atoms with Crippen molar-refractivity contribution in [3.63, 3.8) is 0 Å². The molecule has 2 aromatic carbocycles. The van der Waals surface area contributed by atoms with Crippen LogP contribution in [0, 0.1) is 0 Å². The molecule has 0 saturated heterocycles. The molecule has 1 atom stereocenters. The molecule has 0 aliphatic carbocycles. The molecule has 0 spiro atoms. The van der Waals surface area contributed by atoms with Gasteiger partial charge in [0, 0.05) is 19.4 Å². The third-order valence-electron chi connectivity index (χ3n) is 4.58. The zero-order valence-electron chi connectivity index (χ0n) is 14.8. The second-order valence-corrected chi connectivity index (χ2v) is 6.50. The van der Waals surface area contributed by atoms with Crippen LogP contribution in [0.2, 0.25) is 0 Å². The highest BCUT2D eigenvalue weighted by Gasteiger charge is 2.41. The highest BCUT2D eigenvalue weighted by Crippen LogP contribution is 2.39. The third-order valence-corrected chi connectivity index (χ3v) is 4.58. The van der Waals surface area contributed by atoms with Crippen molar-refractivity contribution in [1.82, 2.24) is 4.90 Å². The number of carbonyl (C=O) groups is 1. The first-order valence-electron chi connectivity index (χ1n) is 8.14. The van der Waals surface area contributed by atoms with Crippen LogP contribution in [0.1, 0.15) is 27.9 Å². The Kier molecular flexibility index (Phi) is 6.09. The number of nitrogens with zero attached hydrogens (tertiary/aromatic N) is 1. The topological polar surface area (TPSA) is 38.8 Å². The molecule has 5 heteroatoms. The van der Waals surface area contributed by atoms with Gasteiger partial charge in [0.1, 0.15) is 11.4 Å². The van der Waals surface area contributed by atoms with E-state index in [-0.39, 0.29) is 18.4 Å². The van der Waals surface area contributed by atoms with E-state index < -0.39 is 5.60 Å². The van der Waals surface area contributed by atoms with Crippen molar-refractivity contribution >= 4 is 18.4 Å². The lowest BCUT2D eigenvalue weighted by Gasteiger charge is -2.39. The first kappa shape index (κ1) is 19.3. The van der Waals surface area contributed by atoms with Gasteiger partial charge in [0.15, 0.2) is 0 Å². The van der Waals surface area contributed by atoms with E-state index in [1.54, 1.807) is 7.11 Å². The van der Waals surface area contributed by atoms with Crippen molar-refractivity contribution in [1.29, 1.82) is 0 Å². The highest BCUT2D eigenvalue weighted by molar-refractivity contribution is 5.92. The fraction of sp³-hybridized carbons (Fsp3) is 0.350. The Bertz CT molecular complexity index is 730. The molecule has 0 amide bonds. The second-order valence-electron chi connectivity index (χ2n) is 6.50. The van der Waals surface area contributed by atoms with E-state index in [0.717, 1.165) is 29.8 Å². The first-order valence-corrected chi connectivity index (χ1v) is 8.14. The summed E-state index contributed by atoms with van der Waals surface area (Å²) in [7, 11) is 5.70. The summed E-state index contributed by atoms with van der Waals surface area (Å²) in [6.45, 7) is 0.835. The van der Waals surface area contributed by atoms with Crippen LogP contribution in [0.15, 0.2) is 48.5 Å². The van der Waals surface area contributed by atoms with Gasteiger partial charge in [-0.05, 0) is 43.4 Å². The first-order chi connectivity index (χ1) is 11.5. The summed E-state index contributed by atoms with van der Waals surface area (Å²) in [6.07, 6.45) is 1.43. The van der Waals surface area contributed by atoms with Crippen LogP contribution in [-0.4, -0.2) is 38.6 Å². The number of esters is 1. The van der Waals surface area contributed by atoms with Crippen LogP contribution in [-0.2, 0) is 16.8 Å². The molecule has 134 valence electrons. The van der Waals surface area contributed by atoms with Crippen LogP contribution in [0.25, 0.3) is 0 Å². The zero-order valence-corrected chi connectivity index (χ0v) is 15.6. The lowest BCUT2D eigenvalue weighted by molar-refractivity contribution is -0.0355. The standard InChI is InChI=1S/C20H23NO3.ClH/c1-21(2)13-12-20(16-8-10-17(23-3)11-9-16)14-15-6-4-5-7-18(15)19(22)24-20;/h4-11H,12-14H2,1-3H3;1H. The van der Waals surface area contributed by atoms with Gasteiger partial charge in [0.25, 0.3) is 0 Å². The Balaban J connectivity index is 0.00000225. The molecule has 1 unspecified atom stereocenters. The lowest BCUT2D eigenvalue weighted by atomic mass is 9.80. The maximum atomic E-state index is 12.6. The molecular weight excluding hydrogens is 338 g/mol. The van der Waals surface area contributed by atoms with Gasteiger partial charge in [-0.15, -0.1) is 12.4 Å². The Morgan fingerprint density at radius 3 is 2.44 bits per heavy atom. The highest BCUT2D eigenvalue weighted by atomic mass is 35.5. The quantitative estimate of drug-likeness (QED) is 0.761. The van der Waals surface area contributed by atoms with Gasteiger partial charge < -0.3 is 14.4 Å². The monoisotopic (exact) mass is 361 g/mol. The van der Waals surface area contributed by atoms with E-state index in [9.17, 15) is 4.79 Å². The number of rotatable bonds is 5. The Morgan fingerprint density at radius 1 is 1.12 bits per heavy atom. The number of halogens is 1. The summed E-state index contributed by atoms with van der Waals surface area (Å²) in [5.41, 5.74) is 2.09. The molecule has 2 aromatic rings. The Labute approximate surface area is 155 Å². The largest absolute Gasteiger partial charge is 0.497 e. The normalized spacial score (nSPS) is 19.0. The average molecular weight is 362 g/mol. The van der Waals surface area contributed by atoms with Crippen molar-refractivity contribution in [2.75, 3.05) is 27.7 Å².